The van der Waals surface area contributed by atoms with Crippen molar-refractivity contribution in [1.29, 1.82) is 0 Å². The Bertz CT molecular complexity index is 846. The van der Waals surface area contributed by atoms with Gasteiger partial charge in [0, 0.05) is 6.54 Å². The van der Waals surface area contributed by atoms with Crippen molar-refractivity contribution in [3.8, 4) is 16.9 Å². The van der Waals surface area contributed by atoms with Crippen LogP contribution in [0, 0.1) is 0 Å². The van der Waals surface area contributed by atoms with E-state index in [0.29, 0.717) is 5.02 Å². The first-order valence-corrected chi connectivity index (χ1v) is 9.70. The largest absolute Gasteiger partial charge is 0.460 e. The van der Waals surface area contributed by atoms with Crippen LogP contribution in [-0.4, -0.2) is 64.3 Å². The van der Waals surface area contributed by atoms with Gasteiger partial charge in [-0.05, 0) is 48.9 Å². The van der Waals surface area contributed by atoms with Crippen molar-refractivity contribution >= 4 is 11.6 Å². The lowest BCUT2D eigenvalue weighted by Gasteiger charge is -2.45. The first-order valence-electron chi connectivity index (χ1n) is 9.33. The highest BCUT2D eigenvalue weighted by molar-refractivity contribution is 6.32. The first-order chi connectivity index (χ1) is 13.8. The average molecular weight is 424 g/mol. The lowest BCUT2D eigenvalue weighted by atomic mass is 9.88. The molecule has 5 unspecified atom stereocenters. The standard InChI is InChI=1S/C21H26ClNO6/c1-21(27)19(26)18(25)17(11-24)29-20(21)28-16-9-14(6-7-15(16)22)13-5-3-4-12(8-13)10-23-2/h3-9,17-20,23-27H,10-11H2,1-2H3. The van der Waals surface area contributed by atoms with E-state index in [9.17, 15) is 20.4 Å². The summed E-state index contributed by atoms with van der Waals surface area (Å²) in [5.41, 5.74) is 0.997. The van der Waals surface area contributed by atoms with Gasteiger partial charge in [-0.15, -0.1) is 0 Å². The smallest absolute Gasteiger partial charge is 0.231 e. The summed E-state index contributed by atoms with van der Waals surface area (Å²) >= 11 is 6.28. The van der Waals surface area contributed by atoms with Gasteiger partial charge in [-0.3, -0.25) is 0 Å². The Hall–Kier alpha value is -1.71. The highest BCUT2D eigenvalue weighted by atomic mass is 35.5. The number of hydrogen-bond donors (Lipinski definition) is 5. The normalized spacial score (nSPS) is 29.6. The molecule has 0 radical (unpaired) electrons. The summed E-state index contributed by atoms with van der Waals surface area (Å²) in [5, 5.41) is 43.6. The van der Waals surface area contributed by atoms with Crippen LogP contribution in [0.15, 0.2) is 42.5 Å². The molecule has 0 amide bonds. The molecular weight excluding hydrogens is 398 g/mol. The Morgan fingerprint density at radius 1 is 1.17 bits per heavy atom. The fourth-order valence-electron chi connectivity index (χ4n) is 3.32. The molecule has 1 saturated heterocycles. The van der Waals surface area contributed by atoms with Crippen LogP contribution in [-0.2, 0) is 11.3 Å². The van der Waals surface area contributed by atoms with Gasteiger partial charge in [-0.2, -0.15) is 0 Å². The van der Waals surface area contributed by atoms with E-state index in [1.807, 2.05) is 37.4 Å². The summed E-state index contributed by atoms with van der Waals surface area (Å²) < 4.78 is 11.3. The van der Waals surface area contributed by atoms with Crippen molar-refractivity contribution in [1.82, 2.24) is 5.32 Å². The number of benzene rings is 2. The molecule has 3 rings (SSSR count). The van der Waals surface area contributed by atoms with E-state index in [-0.39, 0.29) is 5.75 Å². The summed E-state index contributed by atoms with van der Waals surface area (Å²) in [5.74, 6) is 0.244. The maximum absolute atomic E-state index is 10.6. The molecule has 5 atom stereocenters. The van der Waals surface area contributed by atoms with Crippen LogP contribution in [0.25, 0.3) is 11.1 Å². The molecule has 0 saturated carbocycles. The zero-order valence-electron chi connectivity index (χ0n) is 16.2. The van der Waals surface area contributed by atoms with E-state index >= 15 is 0 Å². The van der Waals surface area contributed by atoms with Crippen molar-refractivity contribution in [3.63, 3.8) is 0 Å². The second-order valence-corrected chi connectivity index (χ2v) is 7.75. The maximum atomic E-state index is 10.6. The third-order valence-corrected chi connectivity index (χ3v) is 5.38. The fourth-order valence-corrected chi connectivity index (χ4v) is 3.48. The average Bonchev–Trinajstić information content (AvgIpc) is 2.70. The van der Waals surface area contributed by atoms with Gasteiger partial charge in [0.05, 0.1) is 11.6 Å². The molecule has 158 valence electrons. The van der Waals surface area contributed by atoms with Crippen LogP contribution in [0.3, 0.4) is 0 Å². The zero-order valence-corrected chi connectivity index (χ0v) is 17.0. The third-order valence-electron chi connectivity index (χ3n) is 5.07. The Morgan fingerprint density at radius 3 is 2.59 bits per heavy atom. The molecule has 1 fully saturated rings. The number of aliphatic hydroxyl groups is 4. The number of rotatable bonds is 6. The molecular formula is C21H26ClNO6. The van der Waals surface area contributed by atoms with Gasteiger partial charge in [0.25, 0.3) is 0 Å². The van der Waals surface area contributed by atoms with Gasteiger partial charge in [-0.25, -0.2) is 0 Å². The summed E-state index contributed by atoms with van der Waals surface area (Å²) in [6.07, 6.45) is -5.47. The minimum Gasteiger partial charge on any atom is -0.460 e. The van der Waals surface area contributed by atoms with Crippen LogP contribution in [0.5, 0.6) is 5.75 Å². The molecule has 0 aliphatic carbocycles. The highest BCUT2D eigenvalue weighted by Gasteiger charge is 2.53. The van der Waals surface area contributed by atoms with E-state index in [4.69, 9.17) is 21.1 Å². The quantitative estimate of drug-likeness (QED) is 0.476. The summed E-state index contributed by atoms with van der Waals surface area (Å²) in [7, 11) is 1.88. The topological polar surface area (TPSA) is 111 Å². The van der Waals surface area contributed by atoms with Crippen molar-refractivity contribution in [2.45, 2.75) is 43.7 Å². The monoisotopic (exact) mass is 423 g/mol. The van der Waals surface area contributed by atoms with Crippen LogP contribution in [0.4, 0.5) is 0 Å². The van der Waals surface area contributed by atoms with Gasteiger partial charge in [-0.1, -0.05) is 35.9 Å². The van der Waals surface area contributed by atoms with E-state index in [0.717, 1.165) is 23.2 Å². The molecule has 8 heteroatoms. The summed E-state index contributed by atoms with van der Waals surface area (Å²) in [6, 6.07) is 13.2. The first kappa shape index (κ1) is 22.0. The predicted molar refractivity (Wildman–Crippen MR) is 109 cm³/mol. The second kappa shape index (κ2) is 8.97. The van der Waals surface area contributed by atoms with Crippen LogP contribution in [0.1, 0.15) is 12.5 Å². The van der Waals surface area contributed by atoms with Crippen molar-refractivity contribution < 1.29 is 29.9 Å². The maximum Gasteiger partial charge on any atom is 0.231 e. The minimum absolute atomic E-state index is 0.244. The number of hydrogen-bond acceptors (Lipinski definition) is 7. The molecule has 7 nitrogen and oxygen atoms in total. The molecule has 0 spiro atoms. The SMILES string of the molecule is CNCc1cccc(-c2ccc(Cl)c(OC3OC(CO)C(O)C(O)C3(C)O)c2)c1. The molecule has 2 aromatic rings. The van der Waals surface area contributed by atoms with Gasteiger partial charge >= 0.3 is 0 Å². The Balaban J connectivity index is 1.89. The van der Waals surface area contributed by atoms with E-state index in [1.165, 1.54) is 6.92 Å². The summed E-state index contributed by atoms with van der Waals surface area (Å²) in [6.45, 7) is 1.48. The van der Waals surface area contributed by atoms with Crippen molar-refractivity contribution in [2.24, 2.45) is 0 Å². The van der Waals surface area contributed by atoms with Gasteiger partial charge in [0.2, 0.25) is 6.29 Å². The highest BCUT2D eigenvalue weighted by Crippen LogP contribution is 2.36. The van der Waals surface area contributed by atoms with E-state index < -0.39 is 36.8 Å². The van der Waals surface area contributed by atoms with Crippen LogP contribution < -0.4 is 10.1 Å². The second-order valence-electron chi connectivity index (χ2n) is 7.34. The molecule has 2 aromatic carbocycles. The third kappa shape index (κ3) is 4.57. The number of nitrogens with one attached hydrogen (secondary N) is 1. The molecule has 5 N–H and O–H groups in total. The Kier molecular flexibility index (Phi) is 6.80. The van der Waals surface area contributed by atoms with Gasteiger partial charge < -0.3 is 35.2 Å². The Labute approximate surface area is 174 Å². The number of halogens is 1. The van der Waals surface area contributed by atoms with Gasteiger partial charge in [0.1, 0.15) is 24.1 Å². The van der Waals surface area contributed by atoms with Crippen LogP contribution in [0.2, 0.25) is 5.02 Å². The number of aliphatic hydroxyl groups excluding tert-OH is 3. The molecule has 1 aliphatic heterocycles. The molecule has 1 heterocycles. The molecule has 0 aromatic heterocycles. The Morgan fingerprint density at radius 2 is 1.90 bits per heavy atom. The minimum atomic E-state index is -1.92. The summed E-state index contributed by atoms with van der Waals surface area (Å²) in [4.78, 5) is 0. The van der Waals surface area contributed by atoms with Crippen LogP contribution >= 0.6 is 11.6 Å². The zero-order chi connectivity index (χ0) is 21.2. The predicted octanol–water partition coefficient (Wildman–Crippen LogP) is 1.30. The molecule has 0 bridgehead atoms. The van der Waals surface area contributed by atoms with Crippen molar-refractivity contribution in [3.05, 3.63) is 53.1 Å². The number of ether oxygens (including phenoxy) is 2. The van der Waals surface area contributed by atoms with Gasteiger partial charge in [0.15, 0.2) is 5.60 Å². The van der Waals surface area contributed by atoms with E-state index in [1.54, 1.807) is 12.1 Å². The lowest BCUT2D eigenvalue weighted by molar-refractivity contribution is -0.314. The molecule has 1 aliphatic rings. The van der Waals surface area contributed by atoms with Crippen molar-refractivity contribution in [2.75, 3.05) is 13.7 Å². The van der Waals surface area contributed by atoms with E-state index in [2.05, 4.69) is 5.32 Å². The fraction of sp³-hybridized carbons (Fsp3) is 0.429. The lowest BCUT2D eigenvalue weighted by Crippen LogP contribution is -2.66. The molecule has 29 heavy (non-hydrogen) atoms.